The van der Waals surface area contributed by atoms with E-state index in [4.69, 9.17) is 5.73 Å². The average Bonchev–Trinajstić information content (AvgIpc) is 2.95. The van der Waals surface area contributed by atoms with Crippen molar-refractivity contribution in [3.05, 3.63) is 66.4 Å². The van der Waals surface area contributed by atoms with Gasteiger partial charge in [-0.1, -0.05) is 48.5 Å². The third-order valence-corrected chi connectivity index (χ3v) is 3.17. The lowest BCUT2D eigenvalue weighted by Gasteiger charge is -2.10. The molecule has 4 N–H and O–H groups in total. The van der Waals surface area contributed by atoms with Crippen molar-refractivity contribution in [3.63, 3.8) is 0 Å². The minimum Gasteiger partial charge on any atom is -0.383 e. The number of nitrogens with two attached hydrogens (primary N) is 1. The maximum Gasteiger partial charge on any atom is 0.261 e. The van der Waals surface area contributed by atoms with E-state index < -0.39 is 0 Å². The van der Waals surface area contributed by atoms with E-state index in [0.717, 1.165) is 16.8 Å². The van der Waals surface area contributed by atoms with E-state index in [-0.39, 0.29) is 11.7 Å². The van der Waals surface area contributed by atoms with Crippen molar-refractivity contribution >= 4 is 17.4 Å². The highest BCUT2D eigenvalue weighted by atomic mass is 16.1. The Hall–Kier alpha value is -3.08. The van der Waals surface area contributed by atoms with Crippen LogP contribution < -0.4 is 11.1 Å². The van der Waals surface area contributed by atoms with Gasteiger partial charge in [0.05, 0.1) is 6.20 Å². The second-order valence-corrected chi connectivity index (χ2v) is 4.56. The topological polar surface area (TPSA) is 83.8 Å². The number of rotatable bonds is 3. The van der Waals surface area contributed by atoms with E-state index in [2.05, 4.69) is 15.5 Å². The van der Waals surface area contributed by atoms with Crippen LogP contribution >= 0.6 is 0 Å². The van der Waals surface area contributed by atoms with Crippen LogP contribution in [0.2, 0.25) is 0 Å². The van der Waals surface area contributed by atoms with Crippen molar-refractivity contribution < 1.29 is 4.79 Å². The average molecular weight is 278 g/mol. The number of carbonyl (C=O) groups is 1. The Labute approximate surface area is 121 Å². The van der Waals surface area contributed by atoms with Gasteiger partial charge in [-0.25, -0.2) is 0 Å². The predicted molar refractivity (Wildman–Crippen MR) is 82.8 cm³/mol. The van der Waals surface area contributed by atoms with Crippen molar-refractivity contribution in [3.8, 4) is 11.1 Å². The van der Waals surface area contributed by atoms with Gasteiger partial charge in [0.1, 0.15) is 11.4 Å². The molecule has 3 aromatic rings. The summed E-state index contributed by atoms with van der Waals surface area (Å²) in [5.74, 6) is -0.0330. The lowest BCUT2D eigenvalue weighted by molar-refractivity contribution is 0.102. The zero-order chi connectivity index (χ0) is 14.7. The Kier molecular flexibility index (Phi) is 3.39. The largest absolute Gasteiger partial charge is 0.383 e. The summed E-state index contributed by atoms with van der Waals surface area (Å²) in [6.45, 7) is 0. The van der Waals surface area contributed by atoms with Crippen LogP contribution in [-0.2, 0) is 0 Å². The van der Waals surface area contributed by atoms with Crippen LogP contribution in [0.4, 0.5) is 11.5 Å². The molecule has 1 heterocycles. The van der Waals surface area contributed by atoms with Gasteiger partial charge in [0, 0.05) is 11.3 Å². The Bertz CT molecular complexity index is 765. The molecule has 5 nitrogen and oxygen atoms in total. The van der Waals surface area contributed by atoms with Gasteiger partial charge >= 0.3 is 0 Å². The summed E-state index contributed by atoms with van der Waals surface area (Å²) in [5, 5.41) is 9.18. The zero-order valence-electron chi connectivity index (χ0n) is 11.2. The van der Waals surface area contributed by atoms with Crippen molar-refractivity contribution in [2.45, 2.75) is 0 Å². The van der Waals surface area contributed by atoms with Gasteiger partial charge in [-0.2, -0.15) is 5.10 Å². The Morgan fingerprint density at radius 1 is 1.05 bits per heavy atom. The van der Waals surface area contributed by atoms with Gasteiger partial charge in [0.25, 0.3) is 5.91 Å². The highest BCUT2D eigenvalue weighted by Gasteiger charge is 2.13. The fraction of sp³-hybridized carbons (Fsp3) is 0. The molecule has 0 aliphatic rings. The van der Waals surface area contributed by atoms with Crippen LogP contribution in [-0.4, -0.2) is 16.1 Å². The van der Waals surface area contributed by atoms with E-state index in [0.29, 0.717) is 5.56 Å². The molecule has 0 saturated carbocycles. The molecule has 0 unspecified atom stereocenters. The van der Waals surface area contributed by atoms with Crippen LogP contribution in [0.25, 0.3) is 11.1 Å². The molecule has 104 valence electrons. The molecule has 0 saturated heterocycles. The second-order valence-electron chi connectivity index (χ2n) is 4.56. The van der Waals surface area contributed by atoms with Crippen LogP contribution in [0.5, 0.6) is 0 Å². The fourth-order valence-electron chi connectivity index (χ4n) is 2.13. The van der Waals surface area contributed by atoms with E-state index >= 15 is 0 Å². The van der Waals surface area contributed by atoms with Crippen molar-refractivity contribution in [2.24, 2.45) is 0 Å². The van der Waals surface area contributed by atoms with Crippen LogP contribution in [0, 0.1) is 0 Å². The molecule has 0 bridgehead atoms. The number of H-pyrrole nitrogens is 1. The molecule has 21 heavy (non-hydrogen) atoms. The van der Waals surface area contributed by atoms with Gasteiger partial charge in [-0.15, -0.1) is 0 Å². The highest BCUT2D eigenvalue weighted by molar-refractivity contribution is 6.08. The number of nitrogens with zero attached hydrogens (tertiary/aromatic N) is 1. The van der Waals surface area contributed by atoms with Crippen LogP contribution in [0.3, 0.4) is 0 Å². The summed E-state index contributed by atoms with van der Waals surface area (Å²) in [7, 11) is 0. The highest BCUT2D eigenvalue weighted by Crippen LogP contribution is 2.28. The Morgan fingerprint density at radius 2 is 1.76 bits per heavy atom. The number of amides is 1. The number of carbonyl (C=O) groups excluding carboxylic acids is 1. The molecule has 0 spiro atoms. The number of nitrogen functional groups attached to an aromatic ring is 1. The molecule has 1 amide bonds. The maximum absolute atomic E-state index is 12.2. The van der Waals surface area contributed by atoms with E-state index in [9.17, 15) is 4.79 Å². The minimum absolute atomic E-state index is 0.254. The summed E-state index contributed by atoms with van der Waals surface area (Å²) in [5.41, 5.74) is 8.72. The number of hydrogen-bond donors (Lipinski definition) is 3. The van der Waals surface area contributed by atoms with Gasteiger partial charge in [0.2, 0.25) is 0 Å². The first-order valence-electron chi connectivity index (χ1n) is 6.50. The molecule has 3 rings (SSSR count). The number of aromatic amines is 1. The van der Waals surface area contributed by atoms with Crippen molar-refractivity contribution in [2.75, 3.05) is 11.1 Å². The molecule has 0 aliphatic heterocycles. The SMILES string of the molecule is Nc1[nH]ncc1C(=O)Nc1ccccc1-c1ccccc1. The fourth-order valence-corrected chi connectivity index (χ4v) is 2.13. The summed E-state index contributed by atoms with van der Waals surface area (Å²) >= 11 is 0. The Balaban J connectivity index is 1.94. The predicted octanol–water partition coefficient (Wildman–Crippen LogP) is 2.91. The second kappa shape index (κ2) is 5.50. The van der Waals surface area contributed by atoms with E-state index in [1.54, 1.807) is 0 Å². The third-order valence-electron chi connectivity index (χ3n) is 3.17. The standard InChI is InChI=1S/C16H14N4O/c17-15-13(10-18-20-15)16(21)19-14-9-5-4-8-12(14)11-6-2-1-3-7-11/h1-10H,(H,19,21)(H3,17,18,20). The number of nitrogens with one attached hydrogen (secondary N) is 2. The number of hydrogen-bond acceptors (Lipinski definition) is 3. The molecule has 5 heteroatoms. The monoisotopic (exact) mass is 278 g/mol. The minimum atomic E-state index is -0.287. The Morgan fingerprint density at radius 3 is 2.48 bits per heavy atom. The summed E-state index contributed by atoms with van der Waals surface area (Å²) in [6, 6.07) is 17.5. The van der Waals surface area contributed by atoms with Crippen molar-refractivity contribution in [1.82, 2.24) is 10.2 Å². The van der Waals surface area contributed by atoms with Crippen LogP contribution in [0.1, 0.15) is 10.4 Å². The summed E-state index contributed by atoms with van der Waals surface area (Å²) in [4.78, 5) is 12.2. The summed E-state index contributed by atoms with van der Waals surface area (Å²) in [6.07, 6.45) is 1.41. The van der Waals surface area contributed by atoms with E-state index in [1.165, 1.54) is 6.20 Å². The van der Waals surface area contributed by atoms with Gasteiger partial charge < -0.3 is 11.1 Å². The zero-order valence-corrected chi connectivity index (χ0v) is 11.2. The lowest BCUT2D eigenvalue weighted by atomic mass is 10.0. The molecule has 1 aromatic heterocycles. The molecule has 0 radical (unpaired) electrons. The molecular formula is C16H14N4O. The number of benzene rings is 2. The van der Waals surface area contributed by atoms with Gasteiger partial charge in [-0.3, -0.25) is 9.89 Å². The smallest absolute Gasteiger partial charge is 0.261 e. The normalized spacial score (nSPS) is 10.3. The summed E-state index contributed by atoms with van der Waals surface area (Å²) < 4.78 is 0. The van der Waals surface area contributed by atoms with Gasteiger partial charge in [-0.05, 0) is 11.6 Å². The van der Waals surface area contributed by atoms with E-state index in [1.807, 2.05) is 54.6 Å². The van der Waals surface area contributed by atoms with Crippen LogP contribution in [0.15, 0.2) is 60.8 Å². The maximum atomic E-state index is 12.2. The molecule has 0 fully saturated rings. The quantitative estimate of drug-likeness (QED) is 0.688. The number of aromatic nitrogens is 2. The third kappa shape index (κ3) is 2.62. The van der Waals surface area contributed by atoms with Gasteiger partial charge in [0.15, 0.2) is 0 Å². The first-order valence-corrected chi connectivity index (χ1v) is 6.50. The molecular weight excluding hydrogens is 264 g/mol. The first kappa shape index (κ1) is 12.9. The molecule has 0 aliphatic carbocycles. The lowest BCUT2D eigenvalue weighted by Crippen LogP contribution is -2.13. The number of para-hydroxylation sites is 1. The van der Waals surface area contributed by atoms with Crippen molar-refractivity contribution in [1.29, 1.82) is 0 Å². The molecule has 2 aromatic carbocycles. The first-order chi connectivity index (χ1) is 10.3. The number of anilines is 2. The molecule has 0 atom stereocenters.